The van der Waals surface area contributed by atoms with Gasteiger partial charge in [-0.3, -0.25) is 4.98 Å². The van der Waals surface area contributed by atoms with E-state index in [9.17, 15) is 0 Å². The number of hydrogen-bond donors (Lipinski definition) is 0. The van der Waals surface area contributed by atoms with Crippen molar-refractivity contribution in [3.05, 3.63) is 186 Å². The number of anilines is 3. The van der Waals surface area contributed by atoms with Crippen LogP contribution < -0.4 is 4.90 Å². The number of aromatic nitrogens is 4. The molecule has 0 saturated heterocycles. The van der Waals surface area contributed by atoms with Gasteiger partial charge in [0.15, 0.2) is 17.5 Å². The maximum absolute atomic E-state index is 5.02. The lowest BCUT2D eigenvalue weighted by atomic mass is 9.86. The van der Waals surface area contributed by atoms with E-state index in [0.717, 1.165) is 56.1 Å². The second-order valence-corrected chi connectivity index (χ2v) is 21.4. The summed E-state index contributed by atoms with van der Waals surface area (Å²) in [6, 6.07) is 56.7. The fraction of sp³-hybridized carbons (Fsp3) is 0.267. The van der Waals surface area contributed by atoms with Gasteiger partial charge in [0, 0.05) is 45.5 Å². The largest absolute Gasteiger partial charge is 0.311 e. The summed E-state index contributed by atoms with van der Waals surface area (Å²) < 4.78 is 0. The normalized spacial score (nSPS) is 12.3. The van der Waals surface area contributed by atoms with E-state index in [0.29, 0.717) is 17.5 Å². The molecule has 0 atom stereocenters. The lowest BCUT2D eigenvalue weighted by Gasteiger charge is -2.28. The van der Waals surface area contributed by atoms with E-state index < -0.39 is 0 Å². The zero-order chi connectivity index (χ0) is 46.3. The van der Waals surface area contributed by atoms with Gasteiger partial charge in [-0.1, -0.05) is 186 Å². The van der Waals surface area contributed by atoms with E-state index in [4.69, 9.17) is 19.9 Å². The minimum Gasteiger partial charge on any atom is -0.311 e. The smallest absolute Gasteiger partial charge is 0.165 e. The Balaban J connectivity index is 1.09. The van der Waals surface area contributed by atoms with Crippen molar-refractivity contribution in [3.63, 3.8) is 0 Å². The van der Waals surface area contributed by atoms with E-state index in [-0.39, 0.29) is 21.7 Å². The molecule has 0 spiro atoms. The van der Waals surface area contributed by atoms with Crippen LogP contribution in [-0.4, -0.2) is 19.9 Å². The Bertz CT molecular complexity index is 2750. The zero-order valence-electron chi connectivity index (χ0n) is 40.3. The maximum atomic E-state index is 5.02. The average Bonchev–Trinajstić information content (AvgIpc) is 3.28. The van der Waals surface area contributed by atoms with Crippen LogP contribution in [0, 0.1) is 0 Å². The quantitative estimate of drug-likeness (QED) is 0.152. The highest BCUT2D eigenvalue weighted by Crippen LogP contribution is 2.39. The second kappa shape index (κ2) is 17.3. The molecule has 8 rings (SSSR count). The monoisotopic (exact) mass is 854 g/mol. The standard InChI is InChI=1S/C60H63N5/c1-57(2,3)46-23-16-41(17-24-46)54-62-55(42-18-25-47(26-19-42)58(4,5)6)64-56(63-54)45-22-37-53(61-39-45)44-15-13-14-43(38-44)40-20-31-50(32-21-40)65(51-33-27-48(28-34-51)59(7,8)9)52-35-29-49(30-36-52)60(10,11)12/h13-39H,1-12H3. The summed E-state index contributed by atoms with van der Waals surface area (Å²) in [5.74, 6) is 1.85. The minimum atomic E-state index is 0.0434. The van der Waals surface area contributed by atoms with Crippen molar-refractivity contribution in [2.45, 2.75) is 105 Å². The first-order chi connectivity index (χ1) is 30.7. The number of rotatable bonds is 8. The van der Waals surface area contributed by atoms with Gasteiger partial charge in [-0.15, -0.1) is 0 Å². The van der Waals surface area contributed by atoms with Crippen molar-refractivity contribution in [3.8, 4) is 56.5 Å². The molecule has 2 aromatic heterocycles. The number of pyridine rings is 1. The van der Waals surface area contributed by atoms with Crippen LogP contribution in [0.3, 0.4) is 0 Å². The van der Waals surface area contributed by atoms with Crippen molar-refractivity contribution in [2.75, 3.05) is 4.90 Å². The predicted octanol–water partition coefficient (Wildman–Crippen LogP) is 16.3. The van der Waals surface area contributed by atoms with Gasteiger partial charge < -0.3 is 4.90 Å². The number of nitrogens with zero attached hydrogens (tertiary/aromatic N) is 5. The van der Waals surface area contributed by atoms with Crippen LogP contribution in [0.2, 0.25) is 0 Å². The Labute approximate surface area is 387 Å². The molecule has 0 aliphatic rings. The van der Waals surface area contributed by atoms with E-state index in [2.05, 4.69) is 246 Å². The first-order valence-electron chi connectivity index (χ1n) is 22.9. The molecule has 0 bridgehead atoms. The summed E-state index contributed by atoms with van der Waals surface area (Å²) in [7, 11) is 0. The Morgan fingerprint density at radius 1 is 0.308 bits per heavy atom. The fourth-order valence-corrected chi connectivity index (χ4v) is 8.03. The third-order valence-electron chi connectivity index (χ3n) is 12.3. The van der Waals surface area contributed by atoms with Crippen LogP contribution in [0.5, 0.6) is 0 Å². The van der Waals surface area contributed by atoms with E-state index in [1.807, 2.05) is 6.20 Å². The molecule has 5 heteroatoms. The van der Waals surface area contributed by atoms with Gasteiger partial charge in [-0.2, -0.15) is 0 Å². The van der Waals surface area contributed by atoms with Crippen molar-refractivity contribution in [1.29, 1.82) is 0 Å². The Kier molecular flexibility index (Phi) is 12.0. The SMILES string of the molecule is CC(C)(C)c1ccc(-c2nc(-c3ccc(C(C)(C)C)cc3)nc(-c3ccc(-c4cccc(-c5ccc(N(c6ccc(C(C)(C)C)cc6)c6ccc(C(C)(C)C)cc6)cc5)c4)nc3)n2)cc1. The molecule has 0 aliphatic heterocycles. The molecular weight excluding hydrogens is 791 g/mol. The van der Waals surface area contributed by atoms with E-state index >= 15 is 0 Å². The van der Waals surface area contributed by atoms with Crippen molar-refractivity contribution < 1.29 is 0 Å². The molecule has 0 fully saturated rings. The molecule has 0 amide bonds. The third-order valence-corrected chi connectivity index (χ3v) is 12.3. The van der Waals surface area contributed by atoms with Gasteiger partial charge >= 0.3 is 0 Å². The zero-order valence-corrected chi connectivity index (χ0v) is 40.3. The van der Waals surface area contributed by atoms with Crippen LogP contribution in [0.25, 0.3) is 56.5 Å². The Hall–Kier alpha value is -6.72. The third kappa shape index (κ3) is 10.2. The molecule has 0 N–H and O–H groups in total. The first-order valence-corrected chi connectivity index (χ1v) is 22.9. The highest BCUT2D eigenvalue weighted by molar-refractivity contribution is 5.80. The van der Waals surface area contributed by atoms with E-state index in [1.165, 1.54) is 22.3 Å². The summed E-state index contributed by atoms with van der Waals surface area (Å²) in [5.41, 5.74) is 15.6. The van der Waals surface area contributed by atoms with Gasteiger partial charge in [0.05, 0.1) is 5.69 Å². The molecule has 0 unspecified atom stereocenters. The van der Waals surface area contributed by atoms with Crippen molar-refractivity contribution in [1.82, 2.24) is 19.9 Å². The van der Waals surface area contributed by atoms with Gasteiger partial charge in [0.25, 0.3) is 0 Å². The molecule has 0 saturated carbocycles. The molecule has 328 valence electrons. The average molecular weight is 854 g/mol. The highest BCUT2D eigenvalue weighted by Gasteiger charge is 2.21. The summed E-state index contributed by atoms with van der Waals surface area (Å²) in [5, 5.41) is 0. The number of benzene rings is 6. The summed E-state index contributed by atoms with van der Waals surface area (Å²) >= 11 is 0. The molecule has 8 aromatic rings. The van der Waals surface area contributed by atoms with Crippen LogP contribution in [0.4, 0.5) is 17.1 Å². The first kappa shape index (κ1) is 44.9. The number of hydrogen-bond acceptors (Lipinski definition) is 5. The van der Waals surface area contributed by atoms with E-state index in [1.54, 1.807) is 0 Å². The van der Waals surface area contributed by atoms with Gasteiger partial charge in [0.2, 0.25) is 0 Å². The van der Waals surface area contributed by atoms with Gasteiger partial charge in [0.1, 0.15) is 0 Å². The van der Waals surface area contributed by atoms with Gasteiger partial charge in [-0.05, 0) is 110 Å². The van der Waals surface area contributed by atoms with Crippen LogP contribution in [0.15, 0.2) is 164 Å². The molecular formula is C60H63N5. The molecule has 5 nitrogen and oxygen atoms in total. The lowest BCUT2D eigenvalue weighted by molar-refractivity contribution is 0.590. The highest BCUT2D eigenvalue weighted by atomic mass is 15.1. The maximum Gasteiger partial charge on any atom is 0.165 e. The molecule has 6 aromatic carbocycles. The Morgan fingerprint density at radius 3 is 1.00 bits per heavy atom. The van der Waals surface area contributed by atoms with Crippen LogP contribution >= 0.6 is 0 Å². The summed E-state index contributed by atoms with van der Waals surface area (Å²) in [6.45, 7) is 26.9. The van der Waals surface area contributed by atoms with Crippen LogP contribution in [-0.2, 0) is 21.7 Å². The second-order valence-electron chi connectivity index (χ2n) is 21.4. The van der Waals surface area contributed by atoms with Gasteiger partial charge in [-0.25, -0.2) is 15.0 Å². The molecule has 65 heavy (non-hydrogen) atoms. The topological polar surface area (TPSA) is 54.8 Å². The minimum absolute atomic E-state index is 0.0434. The molecule has 2 heterocycles. The van der Waals surface area contributed by atoms with Crippen molar-refractivity contribution in [2.24, 2.45) is 0 Å². The summed E-state index contributed by atoms with van der Waals surface area (Å²) in [4.78, 5) is 22.4. The lowest BCUT2D eigenvalue weighted by Crippen LogP contribution is -2.14. The fourth-order valence-electron chi connectivity index (χ4n) is 8.03. The van der Waals surface area contributed by atoms with Crippen LogP contribution in [0.1, 0.15) is 105 Å². The van der Waals surface area contributed by atoms with Crippen molar-refractivity contribution >= 4 is 17.1 Å². The molecule has 0 radical (unpaired) electrons. The summed E-state index contributed by atoms with van der Waals surface area (Å²) in [6.07, 6.45) is 1.88. The molecule has 0 aliphatic carbocycles. The predicted molar refractivity (Wildman–Crippen MR) is 274 cm³/mol. The Morgan fingerprint density at radius 2 is 0.631 bits per heavy atom.